The van der Waals surface area contributed by atoms with Crippen molar-refractivity contribution in [1.82, 2.24) is 0 Å². The van der Waals surface area contributed by atoms with Gasteiger partial charge in [-0.3, -0.25) is 0 Å². The minimum Gasteiger partial charge on any atom is -0.333 e. The van der Waals surface area contributed by atoms with Crippen molar-refractivity contribution in [1.29, 1.82) is 0 Å². The zero-order valence-electron chi connectivity index (χ0n) is 18.3. The normalized spacial score (nSPS) is 11.9. The molecule has 3 nitrogen and oxygen atoms in total. The highest BCUT2D eigenvalue weighted by atomic mass is 28.3. The van der Waals surface area contributed by atoms with E-state index in [1.165, 1.54) is 36.7 Å². The molecule has 158 valence electrons. The van der Waals surface area contributed by atoms with Gasteiger partial charge in [0.2, 0.25) is 0 Å². The molecule has 0 heterocycles. The number of benzene rings is 3. The Morgan fingerprint density at radius 3 is 1.00 bits per heavy atom. The predicted octanol–water partition coefficient (Wildman–Crippen LogP) is 2.38. The van der Waals surface area contributed by atoms with Crippen LogP contribution in [0, 0.1) is 0 Å². The lowest BCUT2D eigenvalue weighted by Gasteiger charge is -2.37. The van der Waals surface area contributed by atoms with Gasteiger partial charge < -0.3 is 17.2 Å². The van der Waals surface area contributed by atoms with E-state index >= 15 is 0 Å². The van der Waals surface area contributed by atoms with E-state index < -0.39 is 8.07 Å². The summed E-state index contributed by atoms with van der Waals surface area (Å²) in [6.07, 6.45) is 9.14. The van der Waals surface area contributed by atoms with Crippen LogP contribution in [-0.2, 0) is 0 Å². The Labute approximate surface area is 182 Å². The highest BCUT2D eigenvalue weighted by Crippen LogP contribution is 2.28. The van der Waals surface area contributed by atoms with E-state index in [0.29, 0.717) is 5.54 Å². The van der Waals surface area contributed by atoms with Crippen LogP contribution >= 0.6 is 0 Å². The third-order valence-electron chi connectivity index (χ3n) is 4.94. The van der Waals surface area contributed by atoms with E-state index in [0.717, 1.165) is 0 Å². The molecule has 0 aliphatic heterocycles. The third kappa shape index (κ3) is 5.43. The van der Waals surface area contributed by atoms with Crippen LogP contribution in [0.1, 0.15) is 0 Å². The predicted molar refractivity (Wildman–Crippen MR) is 136 cm³/mol. The molecule has 0 unspecified atom stereocenters. The van der Waals surface area contributed by atoms with Gasteiger partial charge in [-0.2, -0.15) is 0 Å². The highest BCUT2D eigenvalue weighted by Gasteiger charge is 2.44. The van der Waals surface area contributed by atoms with Crippen LogP contribution in [0.15, 0.2) is 115 Å². The lowest BCUT2D eigenvalue weighted by molar-refractivity contribution is 1.34. The first-order valence-electron chi connectivity index (χ1n) is 10.2. The van der Waals surface area contributed by atoms with Gasteiger partial charge in [-0.1, -0.05) is 115 Å². The minimum atomic E-state index is -2.16. The Bertz CT molecular complexity index is 754. The first kappa shape index (κ1) is 25.3. The summed E-state index contributed by atoms with van der Waals surface area (Å²) in [5.41, 5.74) is 13.9. The molecule has 0 saturated carbocycles. The standard InChI is InChI=1S/C23H20Si.3CH5N/c1-4-12-20(13-5-1)24(23-18-10-11-19-23,21-14-6-2-7-15-21)22-16-8-3-9-17-22;3*1-2/h1-19,23H;3*2H2,1H3. The van der Waals surface area contributed by atoms with Crippen LogP contribution < -0.4 is 32.8 Å². The van der Waals surface area contributed by atoms with Gasteiger partial charge in [0.25, 0.3) is 0 Å². The van der Waals surface area contributed by atoms with Crippen molar-refractivity contribution in [3.05, 3.63) is 115 Å². The van der Waals surface area contributed by atoms with Gasteiger partial charge in [0.05, 0.1) is 0 Å². The first-order valence-corrected chi connectivity index (χ1v) is 12.2. The summed E-state index contributed by atoms with van der Waals surface area (Å²) in [5, 5.41) is 4.39. The fourth-order valence-corrected chi connectivity index (χ4v) is 9.01. The molecule has 4 heteroatoms. The van der Waals surface area contributed by atoms with Crippen molar-refractivity contribution >= 4 is 23.6 Å². The largest absolute Gasteiger partial charge is 0.333 e. The summed E-state index contributed by atoms with van der Waals surface area (Å²) in [6.45, 7) is 0. The van der Waals surface area contributed by atoms with E-state index in [2.05, 4.69) is 133 Å². The lowest BCUT2D eigenvalue weighted by Crippen LogP contribution is -2.69. The van der Waals surface area contributed by atoms with Gasteiger partial charge in [0, 0.05) is 5.54 Å². The Morgan fingerprint density at radius 2 is 0.733 bits per heavy atom. The molecule has 0 saturated heterocycles. The summed E-state index contributed by atoms with van der Waals surface area (Å²) in [4.78, 5) is 0. The molecular formula is C26H35N3Si. The fraction of sp³-hybridized carbons (Fsp3) is 0.154. The molecule has 0 bridgehead atoms. The molecule has 1 aliphatic rings. The van der Waals surface area contributed by atoms with Crippen LogP contribution in [0.4, 0.5) is 0 Å². The van der Waals surface area contributed by atoms with Crippen molar-refractivity contribution in [3.8, 4) is 0 Å². The van der Waals surface area contributed by atoms with Gasteiger partial charge in [-0.05, 0) is 36.7 Å². The van der Waals surface area contributed by atoms with Crippen LogP contribution in [0.5, 0.6) is 0 Å². The molecule has 6 N–H and O–H groups in total. The third-order valence-corrected chi connectivity index (χ3v) is 10.1. The Morgan fingerprint density at radius 1 is 0.467 bits per heavy atom. The van der Waals surface area contributed by atoms with E-state index in [1.54, 1.807) is 0 Å². The molecule has 0 spiro atoms. The number of hydrogen-bond donors (Lipinski definition) is 3. The first-order chi connectivity index (χ1) is 14.9. The molecular weight excluding hydrogens is 382 g/mol. The second kappa shape index (κ2) is 14.3. The van der Waals surface area contributed by atoms with Crippen LogP contribution in [0.3, 0.4) is 0 Å². The second-order valence-corrected chi connectivity index (χ2v) is 10.2. The molecule has 0 fully saturated rings. The summed E-state index contributed by atoms with van der Waals surface area (Å²) < 4.78 is 0. The average Bonchev–Trinajstić information content (AvgIpc) is 3.41. The summed E-state index contributed by atoms with van der Waals surface area (Å²) in [5.74, 6) is 0. The molecule has 1 aliphatic carbocycles. The maximum Gasteiger partial charge on any atom is 0.158 e. The van der Waals surface area contributed by atoms with Crippen molar-refractivity contribution in [2.75, 3.05) is 21.1 Å². The monoisotopic (exact) mass is 417 g/mol. The molecule has 30 heavy (non-hydrogen) atoms. The van der Waals surface area contributed by atoms with E-state index in [-0.39, 0.29) is 0 Å². The van der Waals surface area contributed by atoms with Crippen LogP contribution in [-0.4, -0.2) is 29.2 Å². The van der Waals surface area contributed by atoms with Crippen LogP contribution in [0.25, 0.3) is 0 Å². The van der Waals surface area contributed by atoms with Gasteiger partial charge in [-0.15, -0.1) is 0 Å². The maximum absolute atomic E-state index is 4.50. The quantitative estimate of drug-likeness (QED) is 0.450. The zero-order valence-corrected chi connectivity index (χ0v) is 19.3. The van der Waals surface area contributed by atoms with E-state index in [9.17, 15) is 0 Å². The Balaban J connectivity index is 0.000000691. The number of rotatable bonds is 4. The van der Waals surface area contributed by atoms with Gasteiger partial charge in [0.15, 0.2) is 8.07 Å². The maximum atomic E-state index is 4.50. The smallest absolute Gasteiger partial charge is 0.158 e. The summed E-state index contributed by atoms with van der Waals surface area (Å²) in [6, 6.07) is 33.2. The molecule has 4 rings (SSSR count). The molecule has 0 atom stereocenters. The topological polar surface area (TPSA) is 78.1 Å². The van der Waals surface area contributed by atoms with Crippen molar-refractivity contribution in [3.63, 3.8) is 0 Å². The second-order valence-electron chi connectivity index (χ2n) is 6.20. The lowest BCUT2D eigenvalue weighted by atomic mass is 10.3. The number of hydrogen-bond acceptors (Lipinski definition) is 3. The Kier molecular flexibility index (Phi) is 12.0. The van der Waals surface area contributed by atoms with Gasteiger partial charge >= 0.3 is 0 Å². The molecule has 3 aromatic rings. The Hall–Kier alpha value is -2.76. The molecule has 3 aromatic carbocycles. The van der Waals surface area contributed by atoms with Gasteiger partial charge in [-0.25, -0.2) is 0 Å². The van der Waals surface area contributed by atoms with Crippen molar-refractivity contribution < 1.29 is 0 Å². The molecule has 0 aromatic heterocycles. The SMILES string of the molecule is C1=CC([Si](c2ccccc2)(c2ccccc2)c2ccccc2)C=C1.CN.CN.CN. The number of nitrogens with two attached hydrogens (primary N) is 3. The van der Waals surface area contributed by atoms with Crippen molar-refractivity contribution in [2.24, 2.45) is 17.2 Å². The minimum absolute atomic E-state index is 0.435. The number of allylic oxidation sites excluding steroid dienone is 4. The molecule has 0 radical (unpaired) electrons. The average molecular weight is 418 g/mol. The van der Waals surface area contributed by atoms with E-state index in [4.69, 9.17) is 0 Å². The molecule has 0 amide bonds. The zero-order chi connectivity index (χ0) is 22.2. The highest BCUT2D eigenvalue weighted by molar-refractivity contribution is 7.13. The summed E-state index contributed by atoms with van der Waals surface area (Å²) >= 11 is 0. The van der Waals surface area contributed by atoms with Crippen LogP contribution in [0.2, 0.25) is 5.54 Å². The van der Waals surface area contributed by atoms with Gasteiger partial charge in [0.1, 0.15) is 0 Å². The van der Waals surface area contributed by atoms with E-state index in [1.807, 2.05) is 0 Å². The van der Waals surface area contributed by atoms with Crippen molar-refractivity contribution in [2.45, 2.75) is 5.54 Å². The summed E-state index contributed by atoms with van der Waals surface area (Å²) in [7, 11) is 2.34. The fourth-order valence-electron chi connectivity index (χ4n) is 3.90.